The quantitative estimate of drug-likeness (QED) is 0.577. The lowest BCUT2D eigenvalue weighted by atomic mass is 9.33. The zero-order valence-corrected chi connectivity index (χ0v) is 13.9. The van der Waals surface area contributed by atoms with Gasteiger partial charge in [0.1, 0.15) is 0 Å². The molecule has 0 saturated heterocycles. The molecule has 2 bridgehead atoms. The van der Waals surface area contributed by atoms with Crippen LogP contribution >= 0.6 is 0 Å². The van der Waals surface area contributed by atoms with Gasteiger partial charge >= 0.3 is 11.9 Å². The summed E-state index contributed by atoms with van der Waals surface area (Å²) in [6.45, 7) is 10.7. The van der Waals surface area contributed by atoms with Gasteiger partial charge in [0.2, 0.25) is 0 Å². The molecular weight excluding hydrogens is 268 g/mol. The largest absolute Gasteiger partial charge is 0.465 e. The van der Waals surface area contributed by atoms with Crippen molar-refractivity contribution in [1.29, 1.82) is 0 Å². The van der Waals surface area contributed by atoms with Crippen LogP contribution in [-0.4, -0.2) is 25.2 Å². The predicted octanol–water partition coefficient (Wildman–Crippen LogP) is 3.19. The maximum Gasteiger partial charge on any atom is 0.320 e. The Morgan fingerprint density at radius 2 is 1.62 bits per heavy atom. The average Bonchev–Trinajstić information content (AvgIpc) is 2.41. The monoisotopic (exact) mass is 296 g/mol. The van der Waals surface area contributed by atoms with Gasteiger partial charge in [-0.3, -0.25) is 9.59 Å². The van der Waals surface area contributed by atoms with E-state index in [-0.39, 0.29) is 10.8 Å². The van der Waals surface area contributed by atoms with E-state index in [2.05, 4.69) is 20.8 Å². The van der Waals surface area contributed by atoms with Crippen LogP contribution in [-0.2, 0) is 19.1 Å². The Balaban J connectivity index is 2.39. The number of hydrogen-bond donors (Lipinski definition) is 0. The number of rotatable bonds is 5. The van der Waals surface area contributed by atoms with E-state index in [0.29, 0.717) is 25.0 Å². The van der Waals surface area contributed by atoms with E-state index in [0.717, 1.165) is 12.8 Å². The van der Waals surface area contributed by atoms with Gasteiger partial charge in [0.15, 0.2) is 5.92 Å². The summed E-state index contributed by atoms with van der Waals surface area (Å²) in [6.07, 6.45) is 3.20. The van der Waals surface area contributed by atoms with Crippen LogP contribution in [0.3, 0.4) is 0 Å². The SMILES string of the molecule is CCOC(=O)C(C(=O)OCC)C12CC(CCC1C)C2(C)C. The van der Waals surface area contributed by atoms with Crippen LogP contribution in [0.25, 0.3) is 0 Å². The average molecular weight is 296 g/mol. The summed E-state index contributed by atoms with van der Waals surface area (Å²) in [4.78, 5) is 25.0. The third-order valence-electron chi connectivity index (χ3n) is 6.19. The van der Waals surface area contributed by atoms with Crippen LogP contribution in [0.1, 0.15) is 53.9 Å². The number of carbonyl (C=O) groups is 2. The van der Waals surface area contributed by atoms with Crippen LogP contribution in [0.5, 0.6) is 0 Å². The number of ether oxygens (including phenoxy) is 2. The molecule has 3 fully saturated rings. The van der Waals surface area contributed by atoms with Crippen molar-refractivity contribution >= 4 is 11.9 Å². The number of carbonyl (C=O) groups excluding carboxylic acids is 2. The molecule has 4 heteroatoms. The van der Waals surface area contributed by atoms with Crippen LogP contribution < -0.4 is 0 Å². The lowest BCUT2D eigenvalue weighted by molar-refractivity contribution is -0.237. The molecule has 3 aliphatic carbocycles. The second-order valence-corrected chi connectivity index (χ2v) is 7.08. The van der Waals surface area contributed by atoms with E-state index in [1.54, 1.807) is 13.8 Å². The Kier molecular flexibility index (Phi) is 4.36. The van der Waals surface area contributed by atoms with Crippen molar-refractivity contribution in [2.75, 3.05) is 13.2 Å². The minimum Gasteiger partial charge on any atom is -0.465 e. The van der Waals surface area contributed by atoms with Crippen LogP contribution in [0.15, 0.2) is 0 Å². The predicted molar refractivity (Wildman–Crippen MR) is 79.5 cm³/mol. The van der Waals surface area contributed by atoms with Crippen molar-refractivity contribution < 1.29 is 19.1 Å². The lowest BCUT2D eigenvalue weighted by Gasteiger charge is -2.70. The van der Waals surface area contributed by atoms with E-state index < -0.39 is 17.9 Å². The second-order valence-electron chi connectivity index (χ2n) is 7.08. The fourth-order valence-electron chi connectivity index (χ4n) is 4.93. The molecule has 3 rings (SSSR count). The van der Waals surface area contributed by atoms with Crippen molar-refractivity contribution in [3.8, 4) is 0 Å². The van der Waals surface area contributed by atoms with Crippen molar-refractivity contribution in [3.63, 3.8) is 0 Å². The zero-order chi connectivity index (χ0) is 15.8. The standard InChI is InChI=1S/C17H28O4/c1-6-20-14(18)13(15(19)21-7-2)17-10-12(16(17,4)5)9-8-11(17)3/h11-13H,6-10H2,1-5H3. The van der Waals surface area contributed by atoms with Crippen LogP contribution in [0, 0.1) is 28.6 Å². The molecule has 0 aliphatic heterocycles. The number of esters is 2. The highest BCUT2D eigenvalue weighted by molar-refractivity contribution is 5.96. The molecule has 3 atom stereocenters. The Bertz CT molecular complexity index is 411. The topological polar surface area (TPSA) is 52.6 Å². The van der Waals surface area contributed by atoms with Gasteiger partial charge in [0, 0.05) is 5.41 Å². The van der Waals surface area contributed by atoms with Crippen molar-refractivity contribution in [2.24, 2.45) is 28.6 Å². The van der Waals surface area contributed by atoms with Gasteiger partial charge in [-0.2, -0.15) is 0 Å². The maximum absolute atomic E-state index is 12.5. The summed E-state index contributed by atoms with van der Waals surface area (Å²) in [5.74, 6) is -0.664. The molecule has 0 radical (unpaired) electrons. The zero-order valence-electron chi connectivity index (χ0n) is 13.9. The number of fused-ring (bicyclic) bond motifs is 2. The van der Waals surface area contributed by atoms with Gasteiger partial charge in [0.05, 0.1) is 13.2 Å². The first-order valence-corrected chi connectivity index (χ1v) is 8.16. The fourth-order valence-corrected chi connectivity index (χ4v) is 4.93. The van der Waals surface area contributed by atoms with Gasteiger partial charge in [0.25, 0.3) is 0 Å². The van der Waals surface area contributed by atoms with Gasteiger partial charge < -0.3 is 9.47 Å². The Labute approximate surface area is 127 Å². The molecule has 0 spiro atoms. The summed E-state index contributed by atoms with van der Waals surface area (Å²) >= 11 is 0. The van der Waals surface area contributed by atoms with Crippen molar-refractivity contribution in [3.05, 3.63) is 0 Å². The highest BCUT2D eigenvalue weighted by Crippen LogP contribution is 2.72. The minimum absolute atomic E-state index is 0.0190. The third kappa shape index (κ3) is 2.18. The molecule has 3 aliphatic rings. The summed E-state index contributed by atoms with van der Waals surface area (Å²) in [5, 5.41) is 0. The van der Waals surface area contributed by atoms with E-state index in [1.807, 2.05) is 0 Å². The minimum atomic E-state index is -0.779. The Morgan fingerprint density at radius 3 is 2.00 bits per heavy atom. The fraction of sp³-hybridized carbons (Fsp3) is 0.882. The van der Waals surface area contributed by atoms with Crippen molar-refractivity contribution in [2.45, 2.75) is 53.9 Å². The van der Waals surface area contributed by atoms with Gasteiger partial charge in [-0.15, -0.1) is 0 Å². The second kappa shape index (κ2) is 5.62. The Morgan fingerprint density at radius 1 is 1.10 bits per heavy atom. The highest BCUT2D eigenvalue weighted by Gasteiger charge is 2.71. The third-order valence-corrected chi connectivity index (χ3v) is 6.19. The first-order chi connectivity index (χ1) is 9.82. The molecule has 3 saturated carbocycles. The molecule has 0 N–H and O–H groups in total. The molecule has 0 aromatic rings. The maximum atomic E-state index is 12.5. The number of hydrogen-bond acceptors (Lipinski definition) is 4. The molecule has 0 amide bonds. The van der Waals surface area contributed by atoms with E-state index in [9.17, 15) is 9.59 Å². The van der Waals surface area contributed by atoms with Gasteiger partial charge in [-0.1, -0.05) is 20.8 Å². The molecule has 3 unspecified atom stereocenters. The van der Waals surface area contributed by atoms with E-state index >= 15 is 0 Å². The van der Waals surface area contributed by atoms with Gasteiger partial charge in [-0.05, 0) is 50.4 Å². The molecule has 0 aromatic heterocycles. The first kappa shape index (κ1) is 16.3. The molecule has 120 valence electrons. The molecular formula is C17H28O4. The first-order valence-electron chi connectivity index (χ1n) is 8.16. The normalized spacial score (nSPS) is 33.2. The summed E-state index contributed by atoms with van der Waals surface area (Å²) in [6, 6.07) is 0. The molecule has 4 nitrogen and oxygen atoms in total. The molecule has 0 aromatic carbocycles. The Hall–Kier alpha value is -1.06. The van der Waals surface area contributed by atoms with E-state index in [1.165, 1.54) is 6.42 Å². The van der Waals surface area contributed by atoms with Gasteiger partial charge in [-0.25, -0.2) is 0 Å². The summed E-state index contributed by atoms with van der Waals surface area (Å²) in [7, 11) is 0. The lowest BCUT2D eigenvalue weighted by Crippen LogP contribution is -2.67. The van der Waals surface area contributed by atoms with E-state index in [4.69, 9.17) is 9.47 Å². The summed E-state index contributed by atoms with van der Waals surface area (Å²) < 4.78 is 10.4. The molecule has 21 heavy (non-hydrogen) atoms. The highest BCUT2D eigenvalue weighted by atomic mass is 16.6. The molecule has 0 heterocycles. The summed E-state index contributed by atoms with van der Waals surface area (Å²) in [5.41, 5.74) is -0.330. The van der Waals surface area contributed by atoms with Crippen molar-refractivity contribution in [1.82, 2.24) is 0 Å². The van der Waals surface area contributed by atoms with Crippen LogP contribution in [0.2, 0.25) is 0 Å². The van der Waals surface area contributed by atoms with Crippen LogP contribution in [0.4, 0.5) is 0 Å². The smallest absolute Gasteiger partial charge is 0.320 e.